The van der Waals surface area contributed by atoms with E-state index in [2.05, 4.69) is 0 Å². The second-order valence-corrected chi connectivity index (χ2v) is 4.17. The van der Waals surface area contributed by atoms with E-state index in [4.69, 9.17) is 4.74 Å². The Morgan fingerprint density at radius 2 is 1.94 bits per heavy atom. The molecule has 0 amide bonds. The Morgan fingerprint density at radius 3 is 2.67 bits per heavy atom. The summed E-state index contributed by atoms with van der Waals surface area (Å²) in [6.07, 6.45) is -0.525. The highest BCUT2D eigenvalue weighted by Gasteiger charge is 2.03. The molecular weight excluding hydrogens is 231 g/mol. The molecule has 2 rings (SSSR count). The van der Waals surface area contributed by atoms with Crippen LogP contribution in [0.4, 0.5) is 4.39 Å². The lowest BCUT2D eigenvalue weighted by Crippen LogP contribution is -1.97. The predicted molar refractivity (Wildman–Crippen MR) is 67.8 cm³/mol. The van der Waals surface area contributed by atoms with Crippen molar-refractivity contribution in [2.75, 3.05) is 0 Å². The maximum Gasteiger partial charge on any atom is 0.123 e. The number of hydrogen-bond donors (Lipinski definition) is 1. The molecule has 0 spiro atoms. The Bertz CT molecular complexity index is 523. The summed E-state index contributed by atoms with van der Waals surface area (Å²) in [6, 6.07) is 13.6. The van der Waals surface area contributed by atoms with Gasteiger partial charge in [-0.1, -0.05) is 24.3 Å². The zero-order chi connectivity index (χ0) is 13.0. The summed E-state index contributed by atoms with van der Waals surface area (Å²) in [5.41, 5.74) is 1.57. The molecule has 0 aromatic heterocycles. The molecule has 0 heterocycles. The summed E-state index contributed by atoms with van der Waals surface area (Å²) in [6.45, 7) is 2.01. The van der Waals surface area contributed by atoms with Crippen molar-refractivity contribution in [3.63, 3.8) is 0 Å². The van der Waals surface area contributed by atoms with Gasteiger partial charge in [0.25, 0.3) is 0 Å². The molecule has 94 valence electrons. The van der Waals surface area contributed by atoms with Gasteiger partial charge in [0.05, 0.1) is 6.10 Å². The van der Waals surface area contributed by atoms with Gasteiger partial charge >= 0.3 is 0 Å². The van der Waals surface area contributed by atoms with Gasteiger partial charge in [0.1, 0.15) is 18.2 Å². The van der Waals surface area contributed by atoms with Gasteiger partial charge in [0.15, 0.2) is 0 Å². The summed E-state index contributed by atoms with van der Waals surface area (Å²) in [5, 5.41) is 9.46. The number of ether oxygens (including phenoxy) is 1. The van der Waals surface area contributed by atoms with Crippen molar-refractivity contribution >= 4 is 0 Å². The highest BCUT2D eigenvalue weighted by Crippen LogP contribution is 2.19. The molecule has 18 heavy (non-hydrogen) atoms. The van der Waals surface area contributed by atoms with Crippen molar-refractivity contribution in [3.05, 3.63) is 65.5 Å². The Balaban J connectivity index is 2.04. The van der Waals surface area contributed by atoms with Gasteiger partial charge in [-0.25, -0.2) is 4.39 Å². The van der Waals surface area contributed by atoms with Crippen molar-refractivity contribution in [1.29, 1.82) is 0 Å². The lowest BCUT2D eigenvalue weighted by Gasteiger charge is -2.09. The fourth-order valence-electron chi connectivity index (χ4n) is 1.66. The van der Waals surface area contributed by atoms with Gasteiger partial charge in [0, 0.05) is 0 Å². The molecule has 0 radical (unpaired) electrons. The average molecular weight is 246 g/mol. The van der Waals surface area contributed by atoms with Crippen molar-refractivity contribution in [1.82, 2.24) is 0 Å². The molecule has 1 atom stereocenters. The van der Waals surface area contributed by atoms with Crippen LogP contribution in [-0.4, -0.2) is 5.11 Å². The lowest BCUT2D eigenvalue weighted by molar-refractivity contribution is 0.198. The molecule has 2 aromatic carbocycles. The molecule has 0 aliphatic carbocycles. The van der Waals surface area contributed by atoms with Crippen LogP contribution in [0.2, 0.25) is 0 Å². The molecule has 0 saturated heterocycles. The third kappa shape index (κ3) is 3.31. The van der Waals surface area contributed by atoms with E-state index in [-0.39, 0.29) is 5.82 Å². The monoisotopic (exact) mass is 246 g/mol. The van der Waals surface area contributed by atoms with Crippen molar-refractivity contribution in [2.45, 2.75) is 19.6 Å². The third-order valence-corrected chi connectivity index (χ3v) is 2.64. The largest absolute Gasteiger partial charge is 0.489 e. The molecule has 2 nitrogen and oxygen atoms in total. The zero-order valence-corrected chi connectivity index (χ0v) is 10.1. The molecule has 0 aliphatic rings. The quantitative estimate of drug-likeness (QED) is 0.895. The zero-order valence-electron chi connectivity index (χ0n) is 10.1. The average Bonchev–Trinajstić information content (AvgIpc) is 2.37. The Kier molecular flexibility index (Phi) is 3.95. The highest BCUT2D eigenvalue weighted by atomic mass is 19.1. The van der Waals surface area contributed by atoms with Crippen LogP contribution in [0.25, 0.3) is 0 Å². The van der Waals surface area contributed by atoms with Gasteiger partial charge in [-0.3, -0.25) is 0 Å². The van der Waals surface area contributed by atoms with E-state index in [0.717, 1.165) is 11.1 Å². The predicted octanol–water partition coefficient (Wildman–Crippen LogP) is 3.46. The smallest absolute Gasteiger partial charge is 0.123 e. The number of aliphatic hydroxyl groups excluding tert-OH is 1. The van der Waals surface area contributed by atoms with Crippen LogP contribution in [0.1, 0.15) is 24.2 Å². The maximum absolute atomic E-state index is 13.0. The molecular formula is C15H15FO2. The molecule has 0 saturated carbocycles. The summed E-state index contributed by atoms with van der Waals surface area (Å²) in [5.74, 6) is 0.395. The van der Waals surface area contributed by atoms with Crippen LogP contribution < -0.4 is 4.74 Å². The standard InChI is InChI=1S/C15H15FO2/c1-11(17)13-5-3-7-15(9-13)18-10-12-4-2-6-14(16)8-12/h2-9,11,17H,10H2,1H3. The van der Waals surface area contributed by atoms with Crippen LogP contribution in [0.3, 0.4) is 0 Å². The van der Waals surface area contributed by atoms with E-state index in [1.807, 2.05) is 24.3 Å². The minimum atomic E-state index is -0.525. The van der Waals surface area contributed by atoms with Gasteiger partial charge in [-0.15, -0.1) is 0 Å². The third-order valence-electron chi connectivity index (χ3n) is 2.64. The van der Waals surface area contributed by atoms with Gasteiger partial charge in [-0.05, 0) is 42.3 Å². The normalized spacial score (nSPS) is 12.2. The Labute approximate surface area is 106 Å². The van der Waals surface area contributed by atoms with Crippen LogP contribution in [0.15, 0.2) is 48.5 Å². The van der Waals surface area contributed by atoms with Crippen molar-refractivity contribution in [2.24, 2.45) is 0 Å². The number of aliphatic hydroxyl groups is 1. The number of halogens is 1. The topological polar surface area (TPSA) is 29.5 Å². The number of rotatable bonds is 4. The van der Waals surface area contributed by atoms with Gasteiger partial charge in [0.2, 0.25) is 0 Å². The molecule has 3 heteroatoms. The van der Waals surface area contributed by atoms with Crippen molar-refractivity contribution in [3.8, 4) is 5.75 Å². The fraction of sp³-hybridized carbons (Fsp3) is 0.200. The molecule has 2 aromatic rings. The molecule has 0 aliphatic heterocycles. The first-order valence-corrected chi connectivity index (χ1v) is 5.80. The fourth-order valence-corrected chi connectivity index (χ4v) is 1.66. The summed E-state index contributed by atoms with van der Waals surface area (Å²) >= 11 is 0. The van der Waals surface area contributed by atoms with E-state index in [0.29, 0.717) is 12.4 Å². The number of hydrogen-bond acceptors (Lipinski definition) is 2. The van der Waals surface area contributed by atoms with E-state index in [1.54, 1.807) is 19.1 Å². The highest BCUT2D eigenvalue weighted by molar-refractivity contribution is 5.30. The summed E-state index contributed by atoms with van der Waals surface area (Å²) < 4.78 is 18.5. The van der Waals surface area contributed by atoms with Crippen LogP contribution in [0, 0.1) is 5.82 Å². The van der Waals surface area contributed by atoms with E-state index < -0.39 is 6.10 Å². The van der Waals surface area contributed by atoms with Gasteiger partial charge in [-0.2, -0.15) is 0 Å². The SMILES string of the molecule is CC(O)c1cccc(OCc2cccc(F)c2)c1. The Morgan fingerprint density at radius 1 is 1.17 bits per heavy atom. The lowest BCUT2D eigenvalue weighted by atomic mass is 10.1. The Hall–Kier alpha value is -1.87. The second kappa shape index (κ2) is 5.65. The van der Waals surface area contributed by atoms with E-state index >= 15 is 0 Å². The summed E-state index contributed by atoms with van der Waals surface area (Å²) in [7, 11) is 0. The van der Waals surface area contributed by atoms with E-state index in [9.17, 15) is 9.50 Å². The summed E-state index contributed by atoms with van der Waals surface area (Å²) in [4.78, 5) is 0. The molecule has 0 bridgehead atoms. The first-order chi connectivity index (χ1) is 8.65. The van der Waals surface area contributed by atoms with Gasteiger partial charge < -0.3 is 9.84 Å². The maximum atomic E-state index is 13.0. The molecule has 1 unspecified atom stereocenters. The van der Waals surface area contributed by atoms with E-state index in [1.165, 1.54) is 12.1 Å². The van der Waals surface area contributed by atoms with Crippen LogP contribution in [-0.2, 0) is 6.61 Å². The van der Waals surface area contributed by atoms with Crippen LogP contribution >= 0.6 is 0 Å². The minimum Gasteiger partial charge on any atom is -0.489 e. The molecule has 1 N–H and O–H groups in total. The first kappa shape index (κ1) is 12.6. The first-order valence-electron chi connectivity index (χ1n) is 5.80. The second-order valence-electron chi connectivity index (χ2n) is 4.17. The van der Waals surface area contributed by atoms with Crippen LogP contribution in [0.5, 0.6) is 5.75 Å². The molecule has 0 fully saturated rings. The van der Waals surface area contributed by atoms with Crippen molar-refractivity contribution < 1.29 is 14.2 Å². The number of benzene rings is 2. The minimum absolute atomic E-state index is 0.270.